The lowest BCUT2D eigenvalue weighted by atomic mass is 10.2. The van der Waals surface area contributed by atoms with E-state index >= 15 is 0 Å². The molecule has 1 amide bonds. The van der Waals surface area contributed by atoms with Crippen LogP contribution in [0.1, 0.15) is 17.3 Å². The zero-order valence-corrected chi connectivity index (χ0v) is 16.2. The molecule has 1 aliphatic heterocycles. The fraction of sp³-hybridized carbons (Fsp3) is 0.421. The van der Waals surface area contributed by atoms with Crippen LogP contribution in [0.2, 0.25) is 0 Å². The summed E-state index contributed by atoms with van der Waals surface area (Å²) in [6.45, 7) is 3.87. The van der Waals surface area contributed by atoms with Crippen LogP contribution in [0, 0.1) is 5.82 Å². The van der Waals surface area contributed by atoms with Crippen molar-refractivity contribution in [3.63, 3.8) is 0 Å². The van der Waals surface area contributed by atoms with Gasteiger partial charge in [0, 0.05) is 41.6 Å². The van der Waals surface area contributed by atoms with Gasteiger partial charge < -0.3 is 10.1 Å². The molecule has 0 aliphatic carbocycles. The van der Waals surface area contributed by atoms with Crippen LogP contribution < -0.4 is 5.32 Å². The second kappa shape index (κ2) is 10.1. The minimum Gasteiger partial charge on any atom is -0.379 e. The predicted molar refractivity (Wildman–Crippen MR) is 104 cm³/mol. The maximum absolute atomic E-state index is 12.9. The van der Waals surface area contributed by atoms with Crippen molar-refractivity contribution < 1.29 is 13.9 Å². The highest BCUT2D eigenvalue weighted by atomic mass is 32.2. The van der Waals surface area contributed by atoms with Gasteiger partial charge in [0.25, 0.3) is 0 Å². The molecule has 1 aromatic carbocycles. The van der Waals surface area contributed by atoms with E-state index in [2.05, 4.69) is 27.7 Å². The number of thiophene rings is 1. The fourth-order valence-electron chi connectivity index (χ4n) is 2.87. The predicted octanol–water partition coefficient (Wildman–Crippen LogP) is 3.56. The van der Waals surface area contributed by atoms with E-state index in [0.717, 1.165) is 31.2 Å². The summed E-state index contributed by atoms with van der Waals surface area (Å²) < 4.78 is 18.3. The highest BCUT2D eigenvalue weighted by molar-refractivity contribution is 7.99. The number of carbonyl (C=O) groups excluding carboxylic acids is 1. The Hall–Kier alpha value is -1.41. The average molecular weight is 395 g/mol. The first-order chi connectivity index (χ1) is 12.7. The number of nitrogens with zero attached hydrogens (tertiary/aromatic N) is 1. The van der Waals surface area contributed by atoms with E-state index in [1.165, 1.54) is 17.0 Å². The summed E-state index contributed by atoms with van der Waals surface area (Å²) >= 11 is 3.29. The zero-order valence-electron chi connectivity index (χ0n) is 14.5. The van der Waals surface area contributed by atoms with E-state index in [1.54, 1.807) is 35.2 Å². The third kappa shape index (κ3) is 5.81. The monoisotopic (exact) mass is 394 g/mol. The van der Waals surface area contributed by atoms with Crippen LogP contribution in [0.15, 0.2) is 46.7 Å². The number of nitrogens with one attached hydrogen (secondary N) is 1. The molecule has 1 N–H and O–H groups in total. The molecular formula is C19H23FN2O2S2. The van der Waals surface area contributed by atoms with Crippen molar-refractivity contribution in [3.05, 3.63) is 52.5 Å². The number of benzene rings is 1. The number of hydrogen-bond acceptors (Lipinski definition) is 5. The highest BCUT2D eigenvalue weighted by Crippen LogP contribution is 2.25. The summed E-state index contributed by atoms with van der Waals surface area (Å²) in [7, 11) is 0. The Morgan fingerprint density at radius 1 is 1.27 bits per heavy atom. The van der Waals surface area contributed by atoms with E-state index in [4.69, 9.17) is 4.74 Å². The maximum Gasteiger partial charge on any atom is 0.220 e. The first kappa shape index (κ1) is 19.4. The Morgan fingerprint density at radius 3 is 2.73 bits per heavy atom. The number of rotatable bonds is 8. The molecule has 1 aliphatic rings. The van der Waals surface area contributed by atoms with Gasteiger partial charge >= 0.3 is 0 Å². The van der Waals surface area contributed by atoms with Crippen molar-refractivity contribution >= 4 is 29.0 Å². The lowest BCUT2D eigenvalue weighted by Gasteiger charge is -2.34. The van der Waals surface area contributed by atoms with Crippen LogP contribution in [0.4, 0.5) is 4.39 Å². The van der Waals surface area contributed by atoms with Crippen LogP contribution in [0.5, 0.6) is 0 Å². The van der Waals surface area contributed by atoms with Crippen molar-refractivity contribution in [2.75, 3.05) is 38.6 Å². The molecular weight excluding hydrogens is 371 g/mol. The van der Waals surface area contributed by atoms with E-state index < -0.39 is 0 Å². The van der Waals surface area contributed by atoms with Crippen molar-refractivity contribution in [1.29, 1.82) is 0 Å². The van der Waals surface area contributed by atoms with Crippen LogP contribution >= 0.6 is 23.1 Å². The maximum atomic E-state index is 12.9. The third-order valence-electron chi connectivity index (χ3n) is 4.26. The summed E-state index contributed by atoms with van der Waals surface area (Å²) in [5.74, 6) is 0.489. The molecule has 1 aromatic heterocycles. The lowest BCUT2D eigenvalue weighted by molar-refractivity contribution is -0.121. The molecule has 0 radical (unpaired) electrons. The SMILES string of the molecule is O=C(CCSc1ccc(F)cc1)NCC(c1cccs1)N1CCOCC1. The molecule has 2 heterocycles. The van der Waals surface area contributed by atoms with Gasteiger partial charge in [0.15, 0.2) is 0 Å². The number of hydrogen-bond donors (Lipinski definition) is 1. The van der Waals surface area contributed by atoms with E-state index in [0.29, 0.717) is 18.7 Å². The van der Waals surface area contributed by atoms with Gasteiger partial charge in [-0.15, -0.1) is 23.1 Å². The quantitative estimate of drug-likeness (QED) is 0.695. The molecule has 140 valence electrons. The highest BCUT2D eigenvalue weighted by Gasteiger charge is 2.23. The van der Waals surface area contributed by atoms with E-state index in [1.807, 2.05) is 0 Å². The summed E-state index contributed by atoms with van der Waals surface area (Å²) in [4.78, 5) is 16.8. The number of thioether (sulfide) groups is 1. The summed E-state index contributed by atoms with van der Waals surface area (Å²) in [6, 6.07) is 10.7. The molecule has 1 fully saturated rings. The molecule has 4 nitrogen and oxygen atoms in total. The van der Waals surface area contributed by atoms with Crippen molar-refractivity contribution in [2.45, 2.75) is 17.4 Å². The fourth-order valence-corrected chi connectivity index (χ4v) is 4.58. The second-order valence-corrected chi connectivity index (χ2v) is 8.18. The van der Waals surface area contributed by atoms with Gasteiger partial charge in [-0.1, -0.05) is 6.07 Å². The molecule has 7 heteroatoms. The number of carbonyl (C=O) groups is 1. The van der Waals surface area contributed by atoms with Crippen molar-refractivity contribution in [3.8, 4) is 0 Å². The Kier molecular flexibility index (Phi) is 7.49. The molecule has 1 unspecified atom stereocenters. The van der Waals surface area contributed by atoms with Crippen LogP contribution in [-0.2, 0) is 9.53 Å². The van der Waals surface area contributed by atoms with Crippen LogP contribution in [-0.4, -0.2) is 49.4 Å². The van der Waals surface area contributed by atoms with Gasteiger partial charge in [-0.25, -0.2) is 4.39 Å². The third-order valence-corrected chi connectivity index (χ3v) is 6.25. The minimum atomic E-state index is -0.241. The molecule has 0 spiro atoms. The largest absolute Gasteiger partial charge is 0.379 e. The van der Waals surface area contributed by atoms with Gasteiger partial charge in [0.1, 0.15) is 5.82 Å². The van der Waals surface area contributed by atoms with Crippen molar-refractivity contribution in [2.24, 2.45) is 0 Å². The van der Waals surface area contributed by atoms with Crippen molar-refractivity contribution in [1.82, 2.24) is 10.2 Å². The molecule has 3 rings (SSSR count). The zero-order chi connectivity index (χ0) is 18.2. The number of halogens is 1. The number of ether oxygens (including phenoxy) is 1. The topological polar surface area (TPSA) is 41.6 Å². The van der Waals surface area contributed by atoms with Gasteiger partial charge in [-0.3, -0.25) is 9.69 Å². The van der Waals surface area contributed by atoms with Gasteiger partial charge in [0.2, 0.25) is 5.91 Å². The first-order valence-corrected chi connectivity index (χ1v) is 10.6. The molecule has 1 saturated heterocycles. The number of morpholine rings is 1. The molecule has 2 aromatic rings. The summed E-state index contributed by atoms with van der Waals surface area (Å²) in [5.41, 5.74) is 0. The first-order valence-electron chi connectivity index (χ1n) is 8.72. The average Bonchev–Trinajstić information content (AvgIpc) is 3.19. The second-order valence-electron chi connectivity index (χ2n) is 6.04. The standard InChI is InChI=1S/C19H23FN2O2S2/c20-15-3-5-16(6-4-15)25-13-7-19(23)21-14-17(18-2-1-12-26-18)22-8-10-24-11-9-22/h1-6,12,17H,7-11,13-14H2,(H,21,23). The normalized spacial score (nSPS) is 16.3. The van der Waals surface area contributed by atoms with Gasteiger partial charge in [-0.2, -0.15) is 0 Å². The van der Waals surface area contributed by atoms with Gasteiger partial charge in [-0.05, 0) is 35.7 Å². The number of amides is 1. The Balaban J connectivity index is 1.45. The molecule has 26 heavy (non-hydrogen) atoms. The molecule has 1 atom stereocenters. The van der Waals surface area contributed by atoms with E-state index in [9.17, 15) is 9.18 Å². The van der Waals surface area contributed by atoms with E-state index in [-0.39, 0.29) is 17.8 Å². The Labute approximate surface area is 161 Å². The van der Waals surface area contributed by atoms with Gasteiger partial charge in [0.05, 0.1) is 19.3 Å². The molecule has 0 saturated carbocycles. The van der Waals surface area contributed by atoms with Crippen LogP contribution in [0.3, 0.4) is 0 Å². The Bertz CT molecular complexity index is 673. The summed E-state index contributed by atoms with van der Waals surface area (Å²) in [5, 5.41) is 5.15. The smallest absolute Gasteiger partial charge is 0.220 e. The minimum absolute atomic E-state index is 0.0504. The van der Waals surface area contributed by atoms with Crippen LogP contribution in [0.25, 0.3) is 0 Å². The summed E-state index contributed by atoms with van der Waals surface area (Å²) in [6.07, 6.45) is 0.447. The Morgan fingerprint density at radius 2 is 2.04 bits per heavy atom. The lowest BCUT2D eigenvalue weighted by Crippen LogP contribution is -2.43. The molecule has 0 bridgehead atoms.